The molecule has 1 nitrogen and oxygen atoms in total. The van der Waals surface area contributed by atoms with E-state index in [-0.39, 0.29) is 0 Å². The van der Waals surface area contributed by atoms with E-state index in [0.717, 1.165) is 17.7 Å². The maximum Gasteiger partial charge on any atom is 0.0417 e. The Labute approximate surface area is 86.2 Å². The molecule has 0 spiro atoms. The number of nitrogens with one attached hydrogen (secondary N) is 1. The van der Waals surface area contributed by atoms with Crippen molar-refractivity contribution in [2.24, 2.45) is 0 Å². The molecule has 0 heterocycles. The van der Waals surface area contributed by atoms with Gasteiger partial charge in [-0.3, -0.25) is 0 Å². The molecule has 0 radical (unpaired) electrons. The van der Waals surface area contributed by atoms with E-state index in [4.69, 9.17) is 0 Å². The lowest BCUT2D eigenvalue weighted by atomic mass is 10.0. The van der Waals surface area contributed by atoms with Crippen LogP contribution in [0.2, 0.25) is 0 Å². The van der Waals surface area contributed by atoms with Crippen molar-refractivity contribution in [1.29, 1.82) is 0 Å². The average Bonchev–Trinajstić information content (AvgIpc) is 2.25. The molecule has 0 aliphatic carbocycles. The molecule has 0 aromatic heterocycles. The summed E-state index contributed by atoms with van der Waals surface area (Å²) in [6.45, 7) is 6.16. The molecular formula is C13H17N. The van der Waals surface area contributed by atoms with Gasteiger partial charge in [-0.2, -0.15) is 0 Å². The van der Waals surface area contributed by atoms with E-state index in [9.17, 15) is 0 Å². The molecule has 0 bridgehead atoms. The third-order valence-electron chi connectivity index (χ3n) is 2.10. The quantitative estimate of drug-likeness (QED) is 0.708. The van der Waals surface area contributed by atoms with Gasteiger partial charge in [-0.15, -0.1) is 0 Å². The van der Waals surface area contributed by atoms with E-state index >= 15 is 0 Å². The van der Waals surface area contributed by atoms with Crippen molar-refractivity contribution in [1.82, 2.24) is 0 Å². The number of para-hydroxylation sites is 1. The van der Waals surface area contributed by atoms with Crippen LogP contribution in [-0.4, -0.2) is 7.05 Å². The molecule has 1 aromatic carbocycles. The molecule has 0 unspecified atom stereocenters. The minimum Gasteiger partial charge on any atom is -0.388 e. The number of hydrogen-bond acceptors (Lipinski definition) is 1. The van der Waals surface area contributed by atoms with Crippen LogP contribution in [0.15, 0.2) is 43.0 Å². The summed E-state index contributed by atoms with van der Waals surface area (Å²) in [5.74, 6) is 0. The minimum atomic E-state index is 1.04. The predicted molar refractivity (Wildman–Crippen MR) is 64.5 cm³/mol. The Kier molecular flexibility index (Phi) is 3.99. The fourth-order valence-electron chi connectivity index (χ4n) is 1.33. The largest absolute Gasteiger partial charge is 0.388 e. The summed E-state index contributed by atoms with van der Waals surface area (Å²) in [6, 6.07) is 8.18. The summed E-state index contributed by atoms with van der Waals surface area (Å²) >= 11 is 0. The Balaban J connectivity index is 2.94. The van der Waals surface area contributed by atoms with E-state index in [1.807, 2.05) is 19.2 Å². The highest BCUT2D eigenvalue weighted by Gasteiger charge is 1.99. The molecule has 0 aliphatic heterocycles. The molecule has 0 saturated carbocycles. The van der Waals surface area contributed by atoms with Gasteiger partial charge in [0.05, 0.1) is 0 Å². The van der Waals surface area contributed by atoms with E-state index in [0.29, 0.717) is 0 Å². The second-order valence-corrected chi connectivity index (χ2v) is 3.13. The average molecular weight is 187 g/mol. The number of benzene rings is 1. The smallest absolute Gasteiger partial charge is 0.0417 e. The topological polar surface area (TPSA) is 12.0 Å². The zero-order valence-electron chi connectivity index (χ0n) is 8.88. The second-order valence-electron chi connectivity index (χ2n) is 3.13. The Morgan fingerprint density at radius 1 is 1.43 bits per heavy atom. The molecule has 1 rings (SSSR count). The van der Waals surface area contributed by atoms with Crippen LogP contribution in [0.5, 0.6) is 0 Å². The highest BCUT2D eigenvalue weighted by molar-refractivity contribution is 5.80. The van der Waals surface area contributed by atoms with E-state index < -0.39 is 0 Å². The van der Waals surface area contributed by atoms with Gasteiger partial charge >= 0.3 is 0 Å². The first kappa shape index (κ1) is 10.6. The van der Waals surface area contributed by atoms with Crippen molar-refractivity contribution in [2.45, 2.75) is 13.3 Å². The number of hydrogen-bond donors (Lipinski definition) is 1. The Bertz CT molecular complexity index is 337. The molecular weight excluding hydrogens is 170 g/mol. The minimum absolute atomic E-state index is 1.04. The summed E-state index contributed by atoms with van der Waals surface area (Å²) < 4.78 is 0. The lowest BCUT2D eigenvalue weighted by Gasteiger charge is -2.08. The van der Waals surface area contributed by atoms with Crippen LogP contribution in [0.1, 0.15) is 18.9 Å². The summed E-state index contributed by atoms with van der Waals surface area (Å²) in [5.41, 5.74) is 3.34. The van der Waals surface area contributed by atoms with Crippen LogP contribution in [-0.2, 0) is 0 Å². The Morgan fingerprint density at radius 2 is 2.14 bits per heavy atom. The fourth-order valence-corrected chi connectivity index (χ4v) is 1.33. The summed E-state index contributed by atoms with van der Waals surface area (Å²) in [5, 5.41) is 3.16. The molecule has 1 N–H and O–H groups in total. The lowest BCUT2D eigenvalue weighted by Crippen LogP contribution is -1.92. The molecule has 1 aromatic rings. The Morgan fingerprint density at radius 3 is 2.79 bits per heavy atom. The van der Waals surface area contributed by atoms with Crippen molar-refractivity contribution >= 4 is 11.3 Å². The molecule has 0 atom stereocenters. The van der Waals surface area contributed by atoms with Crippen molar-refractivity contribution in [3.63, 3.8) is 0 Å². The predicted octanol–water partition coefficient (Wildman–Crippen LogP) is 3.71. The second kappa shape index (κ2) is 5.28. The first-order valence-corrected chi connectivity index (χ1v) is 4.92. The van der Waals surface area contributed by atoms with Crippen LogP contribution in [0.3, 0.4) is 0 Å². The van der Waals surface area contributed by atoms with Crippen LogP contribution in [0, 0.1) is 0 Å². The van der Waals surface area contributed by atoms with E-state index in [1.165, 1.54) is 5.56 Å². The first-order chi connectivity index (χ1) is 6.79. The summed E-state index contributed by atoms with van der Waals surface area (Å²) in [4.78, 5) is 0. The maximum absolute atomic E-state index is 4.04. The lowest BCUT2D eigenvalue weighted by molar-refractivity contribution is 1.22. The summed E-state index contributed by atoms with van der Waals surface area (Å²) in [6.07, 6.45) is 5.23. The van der Waals surface area contributed by atoms with Crippen LogP contribution in [0.25, 0.3) is 5.57 Å². The third kappa shape index (κ3) is 2.49. The van der Waals surface area contributed by atoms with Gasteiger partial charge in [-0.1, -0.05) is 43.9 Å². The van der Waals surface area contributed by atoms with E-state index in [1.54, 1.807) is 0 Å². The monoisotopic (exact) mass is 187 g/mol. The fraction of sp³-hybridized carbons (Fsp3) is 0.231. The van der Waals surface area contributed by atoms with Crippen molar-refractivity contribution < 1.29 is 0 Å². The van der Waals surface area contributed by atoms with Crippen LogP contribution < -0.4 is 5.32 Å². The first-order valence-electron chi connectivity index (χ1n) is 4.92. The molecule has 0 aliphatic rings. The highest BCUT2D eigenvalue weighted by Crippen LogP contribution is 2.22. The normalized spacial score (nSPS) is 10.4. The van der Waals surface area contributed by atoms with Gasteiger partial charge in [0.2, 0.25) is 0 Å². The number of anilines is 1. The molecule has 14 heavy (non-hydrogen) atoms. The van der Waals surface area contributed by atoms with Crippen molar-refractivity contribution in [3.8, 4) is 0 Å². The van der Waals surface area contributed by atoms with Gasteiger partial charge in [0.25, 0.3) is 0 Å². The molecule has 0 fully saturated rings. The third-order valence-corrected chi connectivity index (χ3v) is 2.10. The van der Waals surface area contributed by atoms with Gasteiger partial charge in [0.1, 0.15) is 0 Å². The zero-order chi connectivity index (χ0) is 10.4. The van der Waals surface area contributed by atoms with Crippen LogP contribution >= 0.6 is 0 Å². The highest BCUT2D eigenvalue weighted by atomic mass is 14.8. The molecule has 1 heteroatoms. The van der Waals surface area contributed by atoms with Crippen molar-refractivity contribution in [2.75, 3.05) is 12.4 Å². The van der Waals surface area contributed by atoms with Gasteiger partial charge < -0.3 is 5.32 Å². The van der Waals surface area contributed by atoms with E-state index in [2.05, 4.69) is 43.1 Å². The zero-order valence-corrected chi connectivity index (χ0v) is 8.88. The van der Waals surface area contributed by atoms with Crippen LogP contribution in [0.4, 0.5) is 5.69 Å². The van der Waals surface area contributed by atoms with Gasteiger partial charge in [0, 0.05) is 18.3 Å². The van der Waals surface area contributed by atoms with Gasteiger partial charge in [-0.25, -0.2) is 0 Å². The molecule has 74 valence electrons. The molecule has 0 saturated heterocycles. The van der Waals surface area contributed by atoms with Gasteiger partial charge in [0.15, 0.2) is 0 Å². The van der Waals surface area contributed by atoms with Gasteiger partial charge in [-0.05, 0) is 18.1 Å². The summed E-state index contributed by atoms with van der Waals surface area (Å²) in [7, 11) is 1.93. The number of allylic oxidation sites excluding steroid dienone is 3. The van der Waals surface area contributed by atoms with Crippen molar-refractivity contribution in [3.05, 3.63) is 48.6 Å². The number of rotatable bonds is 4. The SMILES string of the molecule is C=C(/C=C\CC)c1ccccc1NC. The Hall–Kier alpha value is -1.50. The maximum atomic E-state index is 4.04. The molecule has 0 amide bonds. The standard InChI is InChI=1S/C13H17N/c1-4-5-8-11(2)12-9-6-7-10-13(12)14-3/h5-10,14H,2,4H2,1,3H3/b8-5-.